The van der Waals surface area contributed by atoms with Crippen LogP contribution >= 0.6 is 0 Å². The van der Waals surface area contributed by atoms with Crippen LogP contribution in [0.5, 0.6) is 17.2 Å². The number of nitrogens with one attached hydrogen (secondary N) is 1. The third-order valence-electron chi connectivity index (χ3n) is 6.37. The van der Waals surface area contributed by atoms with E-state index in [1.807, 2.05) is 23.1 Å². The number of amides is 2. The van der Waals surface area contributed by atoms with Gasteiger partial charge in [-0.1, -0.05) is 37.3 Å². The van der Waals surface area contributed by atoms with E-state index in [9.17, 15) is 22.8 Å². The fraction of sp³-hybridized carbons (Fsp3) is 0.464. The second-order valence-electron chi connectivity index (χ2n) is 9.16. The van der Waals surface area contributed by atoms with Crippen LogP contribution in [0.15, 0.2) is 42.5 Å². The second-order valence-corrected chi connectivity index (χ2v) is 9.16. The van der Waals surface area contributed by atoms with E-state index in [1.54, 1.807) is 17.0 Å². The summed E-state index contributed by atoms with van der Waals surface area (Å²) in [5.74, 6) is -1.52. The molecule has 2 aromatic rings. The van der Waals surface area contributed by atoms with Crippen molar-refractivity contribution in [1.29, 1.82) is 0 Å². The number of alkyl halides is 3. The predicted octanol–water partition coefficient (Wildman–Crippen LogP) is 3.41. The molecule has 0 radical (unpaired) electrons. The molecule has 0 aliphatic carbocycles. The molecular formula is C28H36F3N3O7. The molecule has 2 aromatic carbocycles. The lowest BCUT2D eigenvalue weighted by atomic mass is 10.00. The Kier molecular flexibility index (Phi) is 12.7. The number of carbonyl (C=O) groups excluding carboxylic acids is 2. The maximum absolute atomic E-state index is 13.7. The summed E-state index contributed by atoms with van der Waals surface area (Å²) >= 11 is 0. The Labute approximate surface area is 237 Å². The van der Waals surface area contributed by atoms with Crippen molar-refractivity contribution in [3.05, 3.63) is 53.6 Å². The molecule has 1 atom stereocenters. The Morgan fingerprint density at radius 2 is 1.54 bits per heavy atom. The lowest BCUT2D eigenvalue weighted by molar-refractivity contribution is -0.192. The summed E-state index contributed by atoms with van der Waals surface area (Å²) in [6, 6.07) is 13.4. The Bertz CT molecular complexity index is 1130. The Balaban J connectivity index is 0.000000745. The van der Waals surface area contributed by atoms with Crippen LogP contribution in [-0.2, 0) is 9.59 Å². The van der Waals surface area contributed by atoms with E-state index in [0.29, 0.717) is 49.0 Å². The van der Waals surface area contributed by atoms with Gasteiger partial charge in [0, 0.05) is 51.3 Å². The summed E-state index contributed by atoms with van der Waals surface area (Å²) in [6.07, 6.45) is -4.81. The van der Waals surface area contributed by atoms with Crippen molar-refractivity contribution < 1.29 is 46.9 Å². The van der Waals surface area contributed by atoms with Crippen LogP contribution < -0.4 is 19.5 Å². The van der Waals surface area contributed by atoms with Gasteiger partial charge in [-0.25, -0.2) is 4.79 Å². The smallest absolute Gasteiger partial charge is 0.490 e. The number of benzene rings is 2. The first-order valence-electron chi connectivity index (χ1n) is 12.9. The summed E-state index contributed by atoms with van der Waals surface area (Å²) in [7, 11) is 4.57. The number of halogens is 3. The molecule has 1 heterocycles. The Morgan fingerprint density at radius 1 is 1.00 bits per heavy atom. The van der Waals surface area contributed by atoms with Gasteiger partial charge in [0.2, 0.25) is 11.7 Å². The average molecular weight is 584 g/mol. The molecule has 1 aliphatic heterocycles. The molecule has 226 valence electrons. The van der Waals surface area contributed by atoms with E-state index < -0.39 is 12.1 Å². The van der Waals surface area contributed by atoms with Crippen LogP contribution in [0.3, 0.4) is 0 Å². The molecule has 3 rings (SSSR count). The fourth-order valence-corrected chi connectivity index (χ4v) is 4.18. The molecule has 0 saturated carbocycles. The first kappa shape index (κ1) is 33.2. The molecule has 0 aromatic heterocycles. The maximum Gasteiger partial charge on any atom is 0.490 e. The molecule has 2 amide bonds. The zero-order chi connectivity index (χ0) is 30.6. The van der Waals surface area contributed by atoms with Crippen molar-refractivity contribution in [2.24, 2.45) is 0 Å². The fourth-order valence-electron chi connectivity index (χ4n) is 4.18. The number of hydrogen-bond acceptors (Lipinski definition) is 7. The minimum Gasteiger partial charge on any atom is -0.493 e. The summed E-state index contributed by atoms with van der Waals surface area (Å²) in [6.45, 7) is 5.88. The van der Waals surface area contributed by atoms with Gasteiger partial charge in [-0.15, -0.1) is 0 Å². The summed E-state index contributed by atoms with van der Waals surface area (Å²) in [5.41, 5.74) is 1.56. The van der Waals surface area contributed by atoms with E-state index >= 15 is 0 Å². The summed E-state index contributed by atoms with van der Waals surface area (Å²) in [4.78, 5) is 39.0. The van der Waals surface area contributed by atoms with Gasteiger partial charge in [0.05, 0.1) is 21.3 Å². The highest BCUT2D eigenvalue weighted by Gasteiger charge is 2.38. The molecule has 1 aliphatic rings. The van der Waals surface area contributed by atoms with Crippen molar-refractivity contribution in [1.82, 2.24) is 15.1 Å². The highest BCUT2D eigenvalue weighted by molar-refractivity contribution is 5.96. The average Bonchev–Trinajstić information content (AvgIpc) is 2.98. The molecule has 1 unspecified atom stereocenters. The maximum atomic E-state index is 13.7. The molecule has 41 heavy (non-hydrogen) atoms. The number of carboxylic acids is 1. The molecule has 10 nitrogen and oxygen atoms in total. The van der Waals surface area contributed by atoms with Gasteiger partial charge in [0.15, 0.2) is 11.5 Å². The van der Waals surface area contributed by atoms with E-state index in [-0.39, 0.29) is 24.2 Å². The topological polar surface area (TPSA) is 118 Å². The van der Waals surface area contributed by atoms with Crippen molar-refractivity contribution in [3.8, 4) is 17.2 Å². The van der Waals surface area contributed by atoms with Gasteiger partial charge in [0.1, 0.15) is 0 Å². The number of ether oxygens (including phenoxy) is 3. The molecule has 2 N–H and O–H groups in total. The molecule has 13 heteroatoms. The quantitative estimate of drug-likeness (QED) is 0.437. The second kappa shape index (κ2) is 15.7. The largest absolute Gasteiger partial charge is 0.493 e. The molecule has 0 bridgehead atoms. The minimum atomic E-state index is -5.08. The van der Waals surface area contributed by atoms with Crippen LogP contribution in [0.25, 0.3) is 0 Å². The monoisotopic (exact) mass is 583 g/mol. The summed E-state index contributed by atoms with van der Waals surface area (Å²) < 4.78 is 48.0. The van der Waals surface area contributed by atoms with Gasteiger partial charge in [-0.2, -0.15) is 13.2 Å². The first-order valence-corrected chi connectivity index (χ1v) is 12.9. The van der Waals surface area contributed by atoms with Crippen molar-refractivity contribution in [3.63, 3.8) is 0 Å². The van der Waals surface area contributed by atoms with Gasteiger partial charge in [-0.05, 0) is 23.6 Å². The molecule has 1 fully saturated rings. The number of carboxylic acid groups (broad SMARTS) is 1. The molecule has 0 spiro atoms. The number of rotatable bonds is 10. The highest BCUT2D eigenvalue weighted by atomic mass is 19.4. The van der Waals surface area contributed by atoms with Crippen LogP contribution in [0.2, 0.25) is 0 Å². The highest BCUT2D eigenvalue weighted by Crippen LogP contribution is 2.38. The number of methoxy groups -OCH3 is 3. The zero-order valence-corrected chi connectivity index (χ0v) is 23.5. The van der Waals surface area contributed by atoms with Crippen LogP contribution in [-0.4, -0.2) is 99.5 Å². The predicted molar refractivity (Wildman–Crippen MR) is 145 cm³/mol. The number of hydrogen-bond donors (Lipinski definition) is 2. The van der Waals surface area contributed by atoms with Crippen LogP contribution in [0.1, 0.15) is 35.2 Å². The summed E-state index contributed by atoms with van der Waals surface area (Å²) in [5, 5.41) is 10.4. The minimum absolute atomic E-state index is 0.0663. The van der Waals surface area contributed by atoms with Crippen LogP contribution in [0, 0.1) is 0 Å². The number of nitrogens with zero attached hydrogens (tertiary/aromatic N) is 2. The van der Waals surface area contributed by atoms with Gasteiger partial charge in [0.25, 0.3) is 5.91 Å². The van der Waals surface area contributed by atoms with Crippen LogP contribution in [0.4, 0.5) is 13.2 Å². The number of aliphatic carboxylic acids is 1. The number of piperazine rings is 1. The van der Waals surface area contributed by atoms with Crippen molar-refractivity contribution >= 4 is 17.8 Å². The third kappa shape index (κ3) is 9.85. The van der Waals surface area contributed by atoms with Gasteiger partial charge >= 0.3 is 12.1 Å². The molecule has 1 saturated heterocycles. The molecular weight excluding hydrogens is 547 g/mol. The SMILES string of the molecule is COc1cc(C(=O)N(CCC(=O)N2CCNCC2)CC(C)c2ccccc2)cc(OC)c1OC.O=C(O)C(F)(F)F. The lowest BCUT2D eigenvalue weighted by Crippen LogP contribution is -2.47. The van der Waals surface area contributed by atoms with E-state index in [4.69, 9.17) is 24.1 Å². The van der Waals surface area contributed by atoms with E-state index in [1.165, 1.54) is 21.3 Å². The van der Waals surface area contributed by atoms with E-state index in [2.05, 4.69) is 24.4 Å². The third-order valence-corrected chi connectivity index (χ3v) is 6.37. The first-order chi connectivity index (χ1) is 19.4. The van der Waals surface area contributed by atoms with Gasteiger partial charge in [-0.3, -0.25) is 9.59 Å². The standard InChI is InChI=1S/C26H35N3O5.C2HF3O2/c1-19(20-8-6-5-7-9-20)18-29(13-10-24(30)28-14-11-27-12-15-28)26(31)21-16-22(32-2)25(34-4)23(17-21)33-3;3-2(4,5)1(6)7/h5-9,16-17,19,27H,10-15,18H2,1-4H3;(H,6,7). The lowest BCUT2D eigenvalue weighted by Gasteiger charge is -2.30. The Morgan fingerprint density at radius 3 is 2.00 bits per heavy atom. The van der Waals surface area contributed by atoms with E-state index in [0.717, 1.165) is 18.7 Å². The van der Waals surface area contributed by atoms with Crippen molar-refractivity contribution in [2.45, 2.75) is 25.4 Å². The van der Waals surface area contributed by atoms with Crippen molar-refractivity contribution in [2.75, 3.05) is 60.6 Å². The zero-order valence-electron chi connectivity index (χ0n) is 23.5. The normalized spacial score (nSPS) is 13.8. The Hall–Kier alpha value is -4.00. The number of carbonyl (C=O) groups is 3. The van der Waals surface area contributed by atoms with Gasteiger partial charge < -0.3 is 34.4 Å².